The highest BCUT2D eigenvalue weighted by Crippen LogP contribution is 2.22. The van der Waals surface area contributed by atoms with E-state index < -0.39 is 29.2 Å². The number of benzene rings is 2. The van der Waals surface area contributed by atoms with E-state index in [1.807, 2.05) is 0 Å². The number of hydrogen-bond donors (Lipinski definition) is 2. The highest BCUT2D eigenvalue weighted by Gasteiger charge is 2.17. The van der Waals surface area contributed by atoms with Crippen molar-refractivity contribution in [1.82, 2.24) is 0 Å². The molecule has 2 rings (SSSR count). The summed E-state index contributed by atoms with van der Waals surface area (Å²) in [6.45, 7) is 0. The third-order valence-electron chi connectivity index (χ3n) is 2.66. The summed E-state index contributed by atoms with van der Waals surface area (Å²) in [4.78, 5) is 23.0. The number of rotatable bonds is 3. The Kier molecular flexibility index (Phi) is 4.32. The first-order valence-electron chi connectivity index (χ1n) is 5.68. The minimum Gasteiger partial charge on any atom is -0.478 e. The van der Waals surface area contributed by atoms with Gasteiger partial charge in [-0.1, -0.05) is 6.07 Å². The Labute approximate surface area is 126 Å². The van der Waals surface area contributed by atoms with E-state index in [2.05, 4.69) is 21.2 Å². The summed E-state index contributed by atoms with van der Waals surface area (Å²) in [7, 11) is 0. The van der Waals surface area contributed by atoms with Crippen molar-refractivity contribution in [3.05, 3.63) is 63.6 Å². The molecule has 0 unspecified atom stereocenters. The fourth-order valence-corrected chi connectivity index (χ4v) is 2.03. The predicted octanol–water partition coefficient (Wildman–Crippen LogP) is 3.68. The summed E-state index contributed by atoms with van der Waals surface area (Å²) in [5.41, 5.74) is -0.747. The maximum atomic E-state index is 13.7. The highest BCUT2D eigenvalue weighted by molar-refractivity contribution is 9.10. The number of carbonyl (C=O) groups is 2. The van der Waals surface area contributed by atoms with Crippen LogP contribution in [0.4, 0.5) is 14.5 Å². The Balaban J connectivity index is 2.36. The van der Waals surface area contributed by atoms with Crippen LogP contribution in [0.1, 0.15) is 20.7 Å². The number of hydrogen-bond acceptors (Lipinski definition) is 2. The molecular formula is C14H8BrF2NO3. The van der Waals surface area contributed by atoms with Gasteiger partial charge in [0.15, 0.2) is 0 Å². The van der Waals surface area contributed by atoms with E-state index in [0.717, 1.165) is 12.1 Å². The molecule has 0 fully saturated rings. The van der Waals surface area contributed by atoms with Gasteiger partial charge in [-0.2, -0.15) is 0 Å². The second-order valence-electron chi connectivity index (χ2n) is 4.05. The van der Waals surface area contributed by atoms with Crippen LogP contribution in [-0.2, 0) is 0 Å². The van der Waals surface area contributed by atoms with Crippen molar-refractivity contribution in [1.29, 1.82) is 0 Å². The molecule has 0 aliphatic carbocycles. The number of aromatic carboxylic acids is 1. The molecule has 0 aliphatic rings. The van der Waals surface area contributed by atoms with Crippen LogP contribution in [0.3, 0.4) is 0 Å². The molecule has 0 radical (unpaired) electrons. The van der Waals surface area contributed by atoms with Gasteiger partial charge in [0.25, 0.3) is 5.91 Å². The molecular weight excluding hydrogens is 348 g/mol. The largest absolute Gasteiger partial charge is 0.478 e. The van der Waals surface area contributed by atoms with E-state index in [9.17, 15) is 18.4 Å². The van der Waals surface area contributed by atoms with Crippen LogP contribution in [0.15, 0.2) is 40.9 Å². The van der Waals surface area contributed by atoms with Crippen molar-refractivity contribution in [3.8, 4) is 0 Å². The number of carboxylic acids is 1. The average Bonchev–Trinajstić information content (AvgIpc) is 2.43. The Bertz CT molecular complexity index is 734. The van der Waals surface area contributed by atoms with Crippen molar-refractivity contribution in [2.45, 2.75) is 0 Å². The van der Waals surface area contributed by atoms with Gasteiger partial charge in [0, 0.05) is 5.56 Å². The maximum Gasteiger partial charge on any atom is 0.337 e. The summed E-state index contributed by atoms with van der Waals surface area (Å²) >= 11 is 2.93. The Morgan fingerprint density at radius 3 is 2.43 bits per heavy atom. The quantitative estimate of drug-likeness (QED) is 0.882. The van der Waals surface area contributed by atoms with E-state index in [1.165, 1.54) is 24.3 Å². The minimum atomic E-state index is -1.37. The molecule has 4 nitrogen and oxygen atoms in total. The van der Waals surface area contributed by atoms with Gasteiger partial charge in [-0.05, 0) is 46.3 Å². The van der Waals surface area contributed by atoms with Crippen molar-refractivity contribution >= 4 is 33.5 Å². The van der Waals surface area contributed by atoms with Gasteiger partial charge >= 0.3 is 5.97 Å². The molecule has 0 aliphatic heterocycles. The Morgan fingerprint density at radius 2 is 1.81 bits per heavy atom. The molecule has 0 saturated carbocycles. The number of amides is 1. The number of para-hydroxylation sites is 1. The first kappa shape index (κ1) is 15.1. The predicted molar refractivity (Wildman–Crippen MR) is 75.4 cm³/mol. The minimum absolute atomic E-state index is 0.0582. The fourth-order valence-electron chi connectivity index (χ4n) is 1.65. The topological polar surface area (TPSA) is 66.4 Å². The first-order chi connectivity index (χ1) is 9.90. The van der Waals surface area contributed by atoms with Gasteiger partial charge in [0.1, 0.15) is 11.6 Å². The molecule has 0 heterocycles. The summed E-state index contributed by atoms with van der Waals surface area (Å²) in [5.74, 6) is -3.54. The lowest BCUT2D eigenvalue weighted by molar-refractivity contribution is 0.0697. The van der Waals surface area contributed by atoms with Crippen LogP contribution in [-0.4, -0.2) is 17.0 Å². The molecule has 1 amide bonds. The van der Waals surface area contributed by atoms with E-state index in [0.29, 0.717) is 0 Å². The molecule has 2 aromatic rings. The summed E-state index contributed by atoms with van der Waals surface area (Å²) < 4.78 is 26.9. The Morgan fingerprint density at radius 1 is 1.10 bits per heavy atom. The molecule has 0 spiro atoms. The second-order valence-corrected chi connectivity index (χ2v) is 4.90. The van der Waals surface area contributed by atoms with Crippen molar-refractivity contribution in [2.75, 3.05) is 5.32 Å². The molecule has 2 aromatic carbocycles. The molecule has 0 aromatic heterocycles. The molecule has 21 heavy (non-hydrogen) atoms. The van der Waals surface area contributed by atoms with Gasteiger partial charge in [0.05, 0.1) is 15.7 Å². The molecule has 0 saturated heterocycles. The number of carbonyl (C=O) groups excluding carboxylic acids is 1. The molecule has 7 heteroatoms. The van der Waals surface area contributed by atoms with Gasteiger partial charge in [-0.25, -0.2) is 13.6 Å². The van der Waals surface area contributed by atoms with E-state index in [-0.39, 0.29) is 15.6 Å². The van der Waals surface area contributed by atoms with Crippen molar-refractivity contribution in [2.24, 2.45) is 0 Å². The summed E-state index contributed by atoms with van der Waals surface area (Å²) in [5, 5.41) is 11.2. The zero-order valence-corrected chi connectivity index (χ0v) is 11.9. The van der Waals surface area contributed by atoms with Gasteiger partial charge in [-0.15, -0.1) is 0 Å². The van der Waals surface area contributed by atoms with Crippen LogP contribution in [0.2, 0.25) is 0 Å². The SMILES string of the molecule is O=C(Nc1c(F)cccc1C(=O)O)c1ccc(F)c(Br)c1. The molecule has 0 atom stereocenters. The van der Waals surface area contributed by atoms with Crippen LogP contribution in [0.25, 0.3) is 0 Å². The lowest BCUT2D eigenvalue weighted by atomic mass is 10.1. The normalized spacial score (nSPS) is 10.2. The van der Waals surface area contributed by atoms with E-state index in [1.54, 1.807) is 0 Å². The Hall–Kier alpha value is -2.28. The van der Waals surface area contributed by atoms with Gasteiger partial charge in [0.2, 0.25) is 0 Å². The third kappa shape index (κ3) is 3.25. The molecule has 0 bridgehead atoms. The zero-order valence-electron chi connectivity index (χ0n) is 10.4. The lowest BCUT2D eigenvalue weighted by Gasteiger charge is -2.10. The second kappa shape index (κ2) is 6.01. The van der Waals surface area contributed by atoms with Crippen LogP contribution in [0, 0.1) is 11.6 Å². The monoisotopic (exact) mass is 355 g/mol. The number of nitrogens with one attached hydrogen (secondary N) is 1. The van der Waals surface area contributed by atoms with Crippen LogP contribution >= 0.6 is 15.9 Å². The fraction of sp³-hybridized carbons (Fsp3) is 0. The average molecular weight is 356 g/mol. The highest BCUT2D eigenvalue weighted by atomic mass is 79.9. The zero-order chi connectivity index (χ0) is 15.6. The first-order valence-corrected chi connectivity index (χ1v) is 6.47. The van der Waals surface area contributed by atoms with Gasteiger partial charge < -0.3 is 10.4 Å². The van der Waals surface area contributed by atoms with Crippen LogP contribution in [0.5, 0.6) is 0 Å². The maximum absolute atomic E-state index is 13.7. The molecule has 2 N–H and O–H groups in total. The van der Waals surface area contributed by atoms with Gasteiger partial charge in [-0.3, -0.25) is 4.79 Å². The van der Waals surface area contributed by atoms with Crippen molar-refractivity contribution < 1.29 is 23.5 Å². The van der Waals surface area contributed by atoms with E-state index >= 15 is 0 Å². The molecule has 108 valence electrons. The smallest absolute Gasteiger partial charge is 0.337 e. The summed E-state index contributed by atoms with van der Waals surface area (Å²) in [6, 6.07) is 6.91. The lowest BCUT2D eigenvalue weighted by Crippen LogP contribution is -2.16. The van der Waals surface area contributed by atoms with Crippen LogP contribution < -0.4 is 5.32 Å². The summed E-state index contributed by atoms with van der Waals surface area (Å²) in [6.07, 6.45) is 0. The number of halogens is 3. The third-order valence-corrected chi connectivity index (χ3v) is 3.27. The number of anilines is 1. The van der Waals surface area contributed by atoms with Crippen molar-refractivity contribution in [3.63, 3.8) is 0 Å². The standard InChI is InChI=1S/C14H8BrF2NO3/c15-9-6-7(4-5-10(9)16)13(19)18-12-8(14(20)21)2-1-3-11(12)17/h1-6H,(H,18,19)(H,20,21). The number of carboxylic acid groups (broad SMARTS) is 1. The van der Waals surface area contributed by atoms with E-state index in [4.69, 9.17) is 5.11 Å².